The van der Waals surface area contributed by atoms with Crippen molar-refractivity contribution in [3.8, 4) is 11.5 Å². The second-order valence-corrected chi connectivity index (χ2v) is 5.43. The maximum absolute atomic E-state index is 12.0. The topological polar surface area (TPSA) is 90.8 Å². The summed E-state index contributed by atoms with van der Waals surface area (Å²) in [6.07, 6.45) is 0.599. The van der Waals surface area contributed by atoms with E-state index in [2.05, 4.69) is 10.6 Å². The van der Waals surface area contributed by atoms with Crippen LogP contribution >= 0.6 is 0 Å². The van der Waals surface area contributed by atoms with Crippen molar-refractivity contribution in [2.24, 2.45) is 0 Å². The summed E-state index contributed by atoms with van der Waals surface area (Å²) in [5, 5.41) is 24.2. The zero-order valence-electron chi connectivity index (χ0n) is 13.8. The number of methoxy groups -OCH3 is 1. The van der Waals surface area contributed by atoms with Crippen molar-refractivity contribution in [3.05, 3.63) is 53.1 Å². The number of rotatable bonds is 6. The van der Waals surface area contributed by atoms with Gasteiger partial charge in [-0.05, 0) is 54.8 Å². The maximum atomic E-state index is 12.0. The Bertz CT molecular complexity index is 716. The number of amides is 2. The first-order valence-corrected chi connectivity index (χ1v) is 7.64. The quantitative estimate of drug-likeness (QED) is 0.655. The van der Waals surface area contributed by atoms with E-state index in [0.717, 1.165) is 22.6 Å². The average molecular weight is 330 g/mol. The highest BCUT2D eigenvalue weighted by atomic mass is 16.5. The lowest BCUT2D eigenvalue weighted by Gasteiger charge is -2.11. The van der Waals surface area contributed by atoms with Gasteiger partial charge in [0.1, 0.15) is 11.5 Å². The van der Waals surface area contributed by atoms with Crippen LogP contribution < -0.4 is 15.4 Å². The van der Waals surface area contributed by atoms with Crippen molar-refractivity contribution in [1.82, 2.24) is 5.32 Å². The molecule has 0 saturated carbocycles. The number of aryl methyl sites for hydroxylation is 1. The van der Waals surface area contributed by atoms with E-state index in [1.54, 1.807) is 37.4 Å². The van der Waals surface area contributed by atoms with Gasteiger partial charge in [0.15, 0.2) is 0 Å². The molecule has 0 fully saturated rings. The minimum Gasteiger partial charge on any atom is -0.508 e. The number of urea groups is 1. The molecule has 0 saturated heterocycles. The number of hydrogen-bond acceptors (Lipinski definition) is 4. The Morgan fingerprint density at radius 2 is 2.00 bits per heavy atom. The van der Waals surface area contributed by atoms with Gasteiger partial charge in [0, 0.05) is 17.8 Å². The fourth-order valence-electron chi connectivity index (χ4n) is 2.31. The lowest BCUT2D eigenvalue weighted by Crippen LogP contribution is -2.30. The highest BCUT2D eigenvalue weighted by Crippen LogP contribution is 2.21. The molecule has 2 amide bonds. The smallest absolute Gasteiger partial charge is 0.319 e. The second-order valence-electron chi connectivity index (χ2n) is 5.43. The van der Waals surface area contributed by atoms with Gasteiger partial charge in [-0.1, -0.05) is 6.07 Å². The molecule has 0 bridgehead atoms. The number of aliphatic hydroxyl groups is 1. The lowest BCUT2D eigenvalue weighted by molar-refractivity contribution is 0.252. The van der Waals surface area contributed by atoms with Gasteiger partial charge in [0.2, 0.25) is 0 Å². The molecule has 6 nitrogen and oxygen atoms in total. The van der Waals surface area contributed by atoms with Gasteiger partial charge < -0.3 is 25.6 Å². The first-order valence-electron chi connectivity index (χ1n) is 7.64. The molecular formula is C18H22N2O4. The summed E-state index contributed by atoms with van der Waals surface area (Å²) in [5.74, 6) is 0.812. The van der Waals surface area contributed by atoms with Crippen molar-refractivity contribution in [2.45, 2.75) is 20.0 Å². The van der Waals surface area contributed by atoms with Crippen molar-refractivity contribution >= 4 is 11.7 Å². The summed E-state index contributed by atoms with van der Waals surface area (Å²) in [6.45, 7) is 2.12. The average Bonchev–Trinajstić information content (AvgIpc) is 2.58. The van der Waals surface area contributed by atoms with Crippen LogP contribution in [-0.4, -0.2) is 29.9 Å². The van der Waals surface area contributed by atoms with Crippen LogP contribution in [0.15, 0.2) is 36.4 Å². The first-order chi connectivity index (χ1) is 11.5. The predicted molar refractivity (Wildman–Crippen MR) is 92.5 cm³/mol. The minimum absolute atomic E-state index is 0.0712. The summed E-state index contributed by atoms with van der Waals surface area (Å²) in [5.41, 5.74) is 3.04. The highest BCUT2D eigenvalue weighted by molar-refractivity contribution is 5.90. The number of aromatic hydroxyl groups is 1. The van der Waals surface area contributed by atoms with Crippen LogP contribution in [0.4, 0.5) is 10.5 Å². The largest absolute Gasteiger partial charge is 0.508 e. The number of carbonyl (C=O) groups is 1. The summed E-state index contributed by atoms with van der Waals surface area (Å²) in [4.78, 5) is 12.0. The molecule has 6 heteroatoms. The van der Waals surface area contributed by atoms with Gasteiger partial charge in [-0.2, -0.15) is 0 Å². The van der Waals surface area contributed by atoms with E-state index in [0.29, 0.717) is 18.5 Å². The lowest BCUT2D eigenvalue weighted by atomic mass is 10.1. The van der Waals surface area contributed by atoms with E-state index in [4.69, 9.17) is 9.84 Å². The normalized spacial score (nSPS) is 10.3. The number of aliphatic hydroxyl groups excluding tert-OH is 1. The van der Waals surface area contributed by atoms with Gasteiger partial charge >= 0.3 is 6.03 Å². The molecule has 0 aromatic heterocycles. The number of carbonyl (C=O) groups excluding carboxylic acids is 1. The van der Waals surface area contributed by atoms with Crippen LogP contribution in [-0.2, 0) is 13.0 Å². The Morgan fingerprint density at radius 3 is 2.67 bits per heavy atom. The molecule has 0 aliphatic heterocycles. The van der Waals surface area contributed by atoms with Crippen molar-refractivity contribution in [3.63, 3.8) is 0 Å². The monoisotopic (exact) mass is 330 g/mol. The molecule has 24 heavy (non-hydrogen) atoms. The SMILES string of the molecule is COc1ccc(NC(=O)NCCc2ccc(O)c(CO)c2)c(C)c1. The van der Waals surface area contributed by atoms with Crippen molar-refractivity contribution in [1.29, 1.82) is 0 Å². The van der Waals surface area contributed by atoms with Gasteiger partial charge in [0.05, 0.1) is 13.7 Å². The summed E-state index contributed by atoms with van der Waals surface area (Å²) in [6, 6.07) is 10.2. The molecule has 4 N–H and O–H groups in total. The predicted octanol–water partition coefficient (Wildman–Crippen LogP) is 2.57. The van der Waals surface area contributed by atoms with E-state index < -0.39 is 0 Å². The Hall–Kier alpha value is -2.73. The van der Waals surface area contributed by atoms with Gasteiger partial charge in [-0.3, -0.25) is 0 Å². The zero-order chi connectivity index (χ0) is 17.5. The number of benzene rings is 2. The van der Waals surface area contributed by atoms with Crippen LogP contribution in [0, 0.1) is 6.92 Å². The van der Waals surface area contributed by atoms with Crippen LogP contribution in [0.25, 0.3) is 0 Å². The third-order valence-electron chi connectivity index (χ3n) is 3.70. The third kappa shape index (κ3) is 4.63. The molecule has 0 spiro atoms. The van der Waals surface area contributed by atoms with Crippen LogP contribution in [0.3, 0.4) is 0 Å². The first kappa shape index (κ1) is 17.6. The van der Waals surface area contributed by atoms with Gasteiger partial charge in [0.25, 0.3) is 0 Å². The Kier molecular flexibility index (Phi) is 6.03. The molecule has 2 rings (SSSR count). The summed E-state index contributed by atoms with van der Waals surface area (Å²) >= 11 is 0. The molecular weight excluding hydrogens is 308 g/mol. The fourth-order valence-corrected chi connectivity index (χ4v) is 2.31. The van der Waals surface area contributed by atoms with E-state index in [9.17, 15) is 9.90 Å². The summed E-state index contributed by atoms with van der Waals surface area (Å²) in [7, 11) is 1.60. The molecule has 0 aliphatic rings. The molecule has 0 heterocycles. The van der Waals surface area contributed by atoms with E-state index in [-0.39, 0.29) is 18.4 Å². The van der Waals surface area contributed by atoms with Gasteiger partial charge in [-0.25, -0.2) is 4.79 Å². The van der Waals surface area contributed by atoms with Crippen LogP contribution in [0.2, 0.25) is 0 Å². The van der Waals surface area contributed by atoms with Crippen molar-refractivity contribution < 1.29 is 19.7 Å². The summed E-state index contributed by atoms with van der Waals surface area (Å²) < 4.78 is 5.13. The van der Waals surface area contributed by atoms with E-state index in [1.807, 2.05) is 13.0 Å². The minimum atomic E-state index is -0.288. The molecule has 0 radical (unpaired) electrons. The molecule has 2 aromatic carbocycles. The number of phenols is 1. The molecule has 0 atom stereocenters. The molecule has 2 aromatic rings. The number of nitrogens with one attached hydrogen (secondary N) is 2. The molecule has 0 aliphatic carbocycles. The Labute approximate surface area is 141 Å². The van der Waals surface area contributed by atoms with Crippen LogP contribution in [0.5, 0.6) is 11.5 Å². The van der Waals surface area contributed by atoms with E-state index in [1.165, 1.54) is 0 Å². The maximum Gasteiger partial charge on any atom is 0.319 e. The Morgan fingerprint density at radius 1 is 1.21 bits per heavy atom. The third-order valence-corrected chi connectivity index (χ3v) is 3.70. The fraction of sp³-hybridized carbons (Fsp3) is 0.278. The number of hydrogen-bond donors (Lipinski definition) is 4. The van der Waals surface area contributed by atoms with Crippen LogP contribution in [0.1, 0.15) is 16.7 Å². The highest BCUT2D eigenvalue weighted by Gasteiger charge is 2.06. The molecule has 0 unspecified atom stereocenters. The van der Waals surface area contributed by atoms with Gasteiger partial charge in [-0.15, -0.1) is 0 Å². The van der Waals surface area contributed by atoms with Crippen molar-refractivity contribution in [2.75, 3.05) is 19.0 Å². The number of ether oxygens (including phenoxy) is 1. The van der Waals surface area contributed by atoms with E-state index >= 15 is 0 Å². The second kappa shape index (κ2) is 8.21. The molecule has 128 valence electrons. The zero-order valence-corrected chi connectivity index (χ0v) is 13.8. The standard InChI is InChI=1S/C18H22N2O4/c1-12-9-15(24-2)4-5-16(12)20-18(23)19-8-7-13-3-6-17(22)14(10-13)11-21/h3-6,9-10,21-22H,7-8,11H2,1-2H3,(H2,19,20,23). The Balaban J connectivity index is 1.85. The number of anilines is 1.